The van der Waals surface area contributed by atoms with Crippen molar-refractivity contribution in [2.45, 2.75) is 45.4 Å². The minimum Gasteiger partial charge on any atom is -0.493 e. The molecule has 6 nitrogen and oxygen atoms in total. The van der Waals surface area contributed by atoms with E-state index in [2.05, 4.69) is 30.1 Å². The number of H-pyrrole nitrogens is 1. The van der Waals surface area contributed by atoms with Crippen LogP contribution in [-0.2, 0) is 6.42 Å². The van der Waals surface area contributed by atoms with Crippen molar-refractivity contribution in [1.82, 2.24) is 10.2 Å². The number of fused-ring (bicyclic) bond motifs is 1. The summed E-state index contributed by atoms with van der Waals surface area (Å²) in [5.41, 5.74) is 9.17. The normalized spacial score (nSPS) is 16.0. The summed E-state index contributed by atoms with van der Waals surface area (Å²) < 4.78 is 11.6. The number of rotatable bonds is 7. The van der Waals surface area contributed by atoms with Crippen LogP contribution in [0.15, 0.2) is 35.7 Å². The van der Waals surface area contributed by atoms with Crippen LogP contribution >= 0.6 is 0 Å². The van der Waals surface area contributed by atoms with Gasteiger partial charge in [-0.1, -0.05) is 44.9 Å². The topological polar surface area (TPSA) is 96.9 Å². The van der Waals surface area contributed by atoms with Gasteiger partial charge in [0.15, 0.2) is 0 Å². The van der Waals surface area contributed by atoms with Gasteiger partial charge in [0.05, 0.1) is 18.1 Å². The third kappa shape index (κ3) is 3.25. The SMILES string of the molecule is CCCCOc1ccccc1[C@H]1C(C#N)=C(N)Oc2n[nH]c(CCC)c21. The molecule has 0 saturated heterocycles. The first-order valence-corrected chi connectivity index (χ1v) is 9.07. The van der Waals surface area contributed by atoms with Gasteiger partial charge in [-0.25, -0.2) is 0 Å². The molecule has 0 amide bonds. The predicted octanol–water partition coefficient (Wildman–Crippen LogP) is 3.76. The highest BCUT2D eigenvalue weighted by Crippen LogP contribution is 2.45. The molecule has 2 aromatic rings. The highest BCUT2D eigenvalue weighted by atomic mass is 16.5. The summed E-state index contributed by atoms with van der Waals surface area (Å²) in [7, 11) is 0. The highest BCUT2D eigenvalue weighted by Gasteiger charge is 2.36. The van der Waals surface area contributed by atoms with E-state index < -0.39 is 0 Å². The minimum absolute atomic E-state index is 0.0999. The largest absolute Gasteiger partial charge is 0.493 e. The van der Waals surface area contributed by atoms with Crippen molar-refractivity contribution < 1.29 is 9.47 Å². The van der Waals surface area contributed by atoms with Gasteiger partial charge in [-0.2, -0.15) is 5.26 Å². The van der Waals surface area contributed by atoms with E-state index in [-0.39, 0.29) is 11.8 Å². The number of aryl methyl sites for hydroxylation is 1. The zero-order chi connectivity index (χ0) is 18.5. The second kappa shape index (κ2) is 7.96. The van der Waals surface area contributed by atoms with Crippen LogP contribution in [0.25, 0.3) is 0 Å². The Bertz CT molecular complexity index is 848. The Morgan fingerprint density at radius 3 is 2.85 bits per heavy atom. The molecular weight excluding hydrogens is 328 g/mol. The van der Waals surface area contributed by atoms with Gasteiger partial charge < -0.3 is 15.2 Å². The van der Waals surface area contributed by atoms with E-state index >= 15 is 0 Å². The number of aromatic amines is 1. The molecule has 1 aliphatic heterocycles. The Morgan fingerprint density at radius 2 is 2.12 bits per heavy atom. The van der Waals surface area contributed by atoms with E-state index in [0.29, 0.717) is 18.1 Å². The van der Waals surface area contributed by atoms with Crippen LogP contribution in [0.1, 0.15) is 55.8 Å². The van der Waals surface area contributed by atoms with Crippen LogP contribution in [-0.4, -0.2) is 16.8 Å². The van der Waals surface area contributed by atoms with Gasteiger partial charge in [0, 0.05) is 11.3 Å². The number of nitrogens with zero attached hydrogens (tertiary/aromatic N) is 2. The van der Waals surface area contributed by atoms with E-state index in [1.54, 1.807) is 0 Å². The van der Waals surface area contributed by atoms with Crippen molar-refractivity contribution in [1.29, 1.82) is 5.26 Å². The maximum atomic E-state index is 9.74. The maximum Gasteiger partial charge on any atom is 0.244 e. The summed E-state index contributed by atoms with van der Waals surface area (Å²) in [6.07, 6.45) is 3.81. The average Bonchev–Trinajstić information content (AvgIpc) is 3.04. The molecule has 0 bridgehead atoms. The molecule has 0 unspecified atom stereocenters. The fraction of sp³-hybridized carbons (Fsp3) is 0.400. The number of hydrogen-bond donors (Lipinski definition) is 2. The van der Waals surface area contributed by atoms with Gasteiger partial charge in [-0.3, -0.25) is 5.10 Å². The van der Waals surface area contributed by atoms with Crippen LogP contribution in [0.5, 0.6) is 11.6 Å². The first-order chi connectivity index (χ1) is 12.7. The molecule has 136 valence electrons. The lowest BCUT2D eigenvalue weighted by molar-refractivity contribution is 0.305. The first kappa shape index (κ1) is 17.9. The molecule has 0 radical (unpaired) electrons. The third-order valence-corrected chi connectivity index (χ3v) is 4.50. The summed E-state index contributed by atoms with van der Waals surface area (Å²) in [5, 5.41) is 17.1. The molecule has 0 spiro atoms. The number of benzene rings is 1. The number of para-hydroxylation sites is 1. The minimum atomic E-state index is -0.345. The maximum absolute atomic E-state index is 9.74. The van der Waals surface area contributed by atoms with Crippen LogP contribution < -0.4 is 15.2 Å². The van der Waals surface area contributed by atoms with Crippen LogP contribution in [0.4, 0.5) is 0 Å². The fourth-order valence-corrected chi connectivity index (χ4v) is 3.24. The fourth-order valence-electron chi connectivity index (χ4n) is 3.24. The Kier molecular flexibility index (Phi) is 5.47. The Labute approximate surface area is 153 Å². The molecule has 26 heavy (non-hydrogen) atoms. The number of aromatic nitrogens is 2. The lowest BCUT2D eigenvalue weighted by Gasteiger charge is -2.25. The van der Waals surface area contributed by atoms with Crippen molar-refractivity contribution in [3.63, 3.8) is 0 Å². The van der Waals surface area contributed by atoms with Crippen molar-refractivity contribution in [2.24, 2.45) is 5.73 Å². The van der Waals surface area contributed by atoms with Gasteiger partial charge >= 0.3 is 0 Å². The van der Waals surface area contributed by atoms with Gasteiger partial charge in [0.1, 0.15) is 17.4 Å². The summed E-state index contributed by atoms with van der Waals surface area (Å²) in [6, 6.07) is 10.0. The Morgan fingerprint density at radius 1 is 1.31 bits per heavy atom. The lowest BCUT2D eigenvalue weighted by atomic mass is 9.83. The number of allylic oxidation sites excluding steroid dienone is 1. The lowest BCUT2D eigenvalue weighted by Crippen LogP contribution is -2.21. The molecule has 0 aliphatic carbocycles. The molecule has 0 saturated carbocycles. The molecule has 2 heterocycles. The number of ether oxygens (including phenoxy) is 2. The van der Waals surface area contributed by atoms with E-state index in [1.165, 1.54) is 0 Å². The number of unbranched alkanes of at least 4 members (excludes halogenated alkanes) is 1. The summed E-state index contributed by atoms with van der Waals surface area (Å²) in [5.74, 6) is 0.964. The van der Waals surface area contributed by atoms with Crippen molar-refractivity contribution in [3.8, 4) is 17.7 Å². The summed E-state index contributed by atoms with van der Waals surface area (Å²) in [6.45, 7) is 4.86. The van der Waals surface area contributed by atoms with Crippen LogP contribution in [0.3, 0.4) is 0 Å². The molecule has 3 N–H and O–H groups in total. The second-order valence-electron chi connectivity index (χ2n) is 6.34. The summed E-state index contributed by atoms with van der Waals surface area (Å²) in [4.78, 5) is 0. The molecule has 1 aromatic heterocycles. The number of nitriles is 1. The quantitative estimate of drug-likeness (QED) is 0.740. The zero-order valence-electron chi connectivity index (χ0n) is 15.2. The van der Waals surface area contributed by atoms with E-state index in [1.807, 2.05) is 24.3 Å². The van der Waals surface area contributed by atoms with Gasteiger partial charge in [0.25, 0.3) is 0 Å². The smallest absolute Gasteiger partial charge is 0.244 e. The monoisotopic (exact) mass is 352 g/mol. The number of hydrogen-bond acceptors (Lipinski definition) is 5. The Hall–Kier alpha value is -2.94. The molecular formula is C20H24N4O2. The van der Waals surface area contributed by atoms with Gasteiger partial charge in [0.2, 0.25) is 11.8 Å². The highest BCUT2D eigenvalue weighted by molar-refractivity contribution is 5.58. The second-order valence-corrected chi connectivity index (χ2v) is 6.34. The van der Waals surface area contributed by atoms with E-state index in [9.17, 15) is 5.26 Å². The summed E-state index contributed by atoms with van der Waals surface area (Å²) >= 11 is 0. The van der Waals surface area contributed by atoms with Crippen molar-refractivity contribution in [2.75, 3.05) is 6.61 Å². The molecule has 1 aromatic carbocycles. The number of nitrogens with two attached hydrogens (primary N) is 1. The third-order valence-electron chi connectivity index (χ3n) is 4.50. The standard InChI is InChI=1S/C20H24N4O2/c1-3-5-11-25-16-10-7-6-9-13(16)17-14(12-21)19(22)26-20-18(17)15(8-4-2)23-24-20/h6-7,9-10,17H,3-5,8,11,22H2,1-2H3,(H,23,24)/t17-/m0/s1. The van der Waals surface area contributed by atoms with Gasteiger partial charge in [-0.15, -0.1) is 5.10 Å². The Balaban J connectivity index is 2.11. The molecule has 6 heteroatoms. The van der Waals surface area contributed by atoms with E-state index in [0.717, 1.165) is 48.3 Å². The van der Waals surface area contributed by atoms with E-state index in [4.69, 9.17) is 15.2 Å². The molecule has 1 atom stereocenters. The van der Waals surface area contributed by atoms with Crippen LogP contribution in [0, 0.1) is 11.3 Å². The molecule has 3 rings (SSSR count). The number of nitrogens with one attached hydrogen (secondary N) is 1. The molecule has 0 fully saturated rings. The van der Waals surface area contributed by atoms with Crippen molar-refractivity contribution >= 4 is 0 Å². The first-order valence-electron chi connectivity index (χ1n) is 9.07. The van der Waals surface area contributed by atoms with Crippen LogP contribution in [0.2, 0.25) is 0 Å². The zero-order valence-corrected chi connectivity index (χ0v) is 15.2. The average molecular weight is 352 g/mol. The van der Waals surface area contributed by atoms with Gasteiger partial charge in [-0.05, 0) is 18.9 Å². The van der Waals surface area contributed by atoms with Crippen molar-refractivity contribution in [3.05, 3.63) is 52.5 Å². The molecule has 1 aliphatic rings. The predicted molar refractivity (Wildman–Crippen MR) is 98.7 cm³/mol.